The summed E-state index contributed by atoms with van der Waals surface area (Å²) in [6, 6.07) is 4.86. The second kappa shape index (κ2) is 4.53. The fourth-order valence-electron chi connectivity index (χ4n) is 1.16. The van der Waals surface area contributed by atoms with Gasteiger partial charge in [-0.05, 0) is 12.1 Å². The summed E-state index contributed by atoms with van der Waals surface area (Å²) in [5, 5.41) is 1.35. The average molecular weight is 268 g/mol. The van der Waals surface area contributed by atoms with E-state index in [1.54, 1.807) is 0 Å². The third-order valence-electron chi connectivity index (χ3n) is 1.83. The minimum absolute atomic E-state index is 0.116. The molecule has 1 rings (SSSR count). The third kappa shape index (κ3) is 2.89. The summed E-state index contributed by atoms with van der Waals surface area (Å²) in [4.78, 5) is -0.791. The summed E-state index contributed by atoms with van der Waals surface area (Å²) >= 11 is 0. The van der Waals surface area contributed by atoms with E-state index in [2.05, 4.69) is 5.43 Å². The average Bonchev–Trinajstić information content (AvgIpc) is 2.15. The molecule has 0 aliphatic carbocycles. The molecule has 0 aromatic heterocycles. The molecule has 0 unspecified atom stereocenters. The van der Waals surface area contributed by atoms with Gasteiger partial charge >= 0.3 is 5.51 Å². The molecule has 96 valence electrons. The van der Waals surface area contributed by atoms with Gasteiger partial charge in [-0.2, -0.15) is 13.2 Å². The van der Waals surface area contributed by atoms with E-state index >= 15 is 0 Å². The number of halogens is 3. The Balaban J connectivity index is 3.33. The lowest BCUT2D eigenvalue weighted by Gasteiger charge is -2.17. The van der Waals surface area contributed by atoms with Crippen LogP contribution in [-0.2, 0) is 9.84 Å². The second-order valence-electron chi connectivity index (χ2n) is 3.45. The molecule has 0 saturated carbocycles. The number of para-hydroxylation sites is 1. The van der Waals surface area contributed by atoms with Crippen molar-refractivity contribution >= 4 is 15.5 Å². The van der Waals surface area contributed by atoms with Crippen molar-refractivity contribution in [1.29, 1.82) is 0 Å². The maximum atomic E-state index is 12.4. The van der Waals surface area contributed by atoms with Crippen LogP contribution in [0.1, 0.15) is 0 Å². The molecule has 0 saturated heterocycles. The van der Waals surface area contributed by atoms with Crippen LogP contribution in [0.3, 0.4) is 0 Å². The van der Waals surface area contributed by atoms with Gasteiger partial charge in [-0.3, -0.25) is 0 Å². The molecule has 1 N–H and O–H groups in total. The van der Waals surface area contributed by atoms with Crippen molar-refractivity contribution in [1.82, 2.24) is 5.01 Å². The Bertz CT molecular complexity index is 497. The van der Waals surface area contributed by atoms with Crippen molar-refractivity contribution in [3.05, 3.63) is 24.3 Å². The van der Waals surface area contributed by atoms with Gasteiger partial charge in [0.1, 0.15) is 4.90 Å². The first-order valence-corrected chi connectivity index (χ1v) is 5.99. The molecule has 17 heavy (non-hydrogen) atoms. The fourth-order valence-corrected chi connectivity index (χ4v) is 2.07. The Morgan fingerprint density at radius 2 is 1.71 bits per heavy atom. The van der Waals surface area contributed by atoms with E-state index in [1.165, 1.54) is 37.3 Å². The molecule has 0 heterocycles. The summed E-state index contributed by atoms with van der Waals surface area (Å²) in [5.41, 5.74) is -2.92. The minimum Gasteiger partial charge on any atom is -0.318 e. The van der Waals surface area contributed by atoms with Crippen LogP contribution in [0.2, 0.25) is 0 Å². The molecular formula is C9H11F3N2O2S. The van der Waals surface area contributed by atoms with E-state index in [0.29, 0.717) is 0 Å². The first-order valence-electron chi connectivity index (χ1n) is 4.50. The standard InChI is InChI=1S/C9H11F3N2O2S/c1-14(2)13-7-5-3-4-6-8(7)17(15,16)9(10,11)12/h3-6,13H,1-2H3. The Kier molecular flexibility index (Phi) is 3.68. The number of hydrogen-bond acceptors (Lipinski definition) is 4. The largest absolute Gasteiger partial charge is 0.501 e. The SMILES string of the molecule is CN(C)Nc1ccccc1S(=O)(=O)C(F)(F)F. The van der Waals surface area contributed by atoms with Crippen molar-refractivity contribution in [3.8, 4) is 0 Å². The molecule has 0 bridgehead atoms. The first kappa shape index (κ1) is 13.8. The number of anilines is 1. The van der Waals surface area contributed by atoms with Crippen LogP contribution in [0.5, 0.6) is 0 Å². The van der Waals surface area contributed by atoms with Gasteiger partial charge in [0, 0.05) is 14.1 Å². The van der Waals surface area contributed by atoms with E-state index in [9.17, 15) is 21.6 Å². The van der Waals surface area contributed by atoms with Crippen molar-refractivity contribution in [3.63, 3.8) is 0 Å². The summed E-state index contributed by atoms with van der Waals surface area (Å²) < 4.78 is 59.8. The molecule has 0 radical (unpaired) electrons. The van der Waals surface area contributed by atoms with Crippen LogP contribution in [0, 0.1) is 0 Å². The zero-order chi connectivity index (χ0) is 13.3. The van der Waals surface area contributed by atoms with Crippen LogP contribution in [-0.4, -0.2) is 33.0 Å². The van der Waals surface area contributed by atoms with Gasteiger partial charge in [-0.1, -0.05) is 12.1 Å². The number of nitrogens with one attached hydrogen (secondary N) is 1. The maximum Gasteiger partial charge on any atom is 0.501 e. The highest BCUT2D eigenvalue weighted by molar-refractivity contribution is 7.92. The zero-order valence-corrected chi connectivity index (χ0v) is 9.93. The van der Waals surface area contributed by atoms with Gasteiger partial charge in [0.15, 0.2) is 0 Å². The maximum absolute atomic E-state index is 12.4. The number of benzene rings is 1. The molecule has 0 spiro atoms. The lowest BCUT2D eigenvalue weighted by atomic mass is 10.3. The van der Waals surface area contributed by atoms with Gasteiger partial charge in [0.2, 0.25) is 0 Å². The molecule has 8 heteroatoms. The monoisotopic (exact) mass is 268 g/mol. The molecule has 1 aromatic rings. The van der Waals surface area contributed by atoms with Crippen LogP contribution in [0.4, 0.5) is 18.9 Å². The van der Waals surface area contributed by atoms with Gasteiger partial charge in [-0.15, -0.1) is 0 Å². The Hall–Kier alpha value is -1.28. The lowest BCUT2D eigenvalue weighted by Crippen LogP contribution is -2.26. The summed E-state index contributed by atoms with van der Waals surface area (Å²) in [5.74, 6) is 0. The third-order valence-corrected chi connectivity index (χ3v) is 3.37. The quantitative estimate of drug-likeness (QED) is 0.850. The van der Waals surface area contributed by atoms with Crippen LogP contribution in [0.25, 0.3) is 0 Å². The normalized spacial score (nSPS) is 12.8. The molecule has 0 fully saturated rings. The Morgan fingerprint density at radius 3 is 2.18 bits per heavy atom. The van der Waals surface area contributed by atoms with E-state index in [4.69, 9.17) is 0 Å². The van der Waals surface area contributed by atoms with E-state index in [1.807, 2.05) is 0 Å². The molecule has 4 nitrogen and oxygen atoms in total. The van der Waals surface area contributed by atoms with Crippen molar-refractivity contribution in [2.24, 2.45) is 0 Å². The van der Waals surface area contributed by atoms with Crippen molar-refractivity contribution < 1.29 is 21.6 Å². The summed E-state index contributed by atoms with van der Waals surface area (Å²) in [6.45, 7) is 0. The molecular weight excluding hydrogens is 257 g/mol. The summed E-state index contributed by atoms with van der Waals surface area (Å²) in [7, 11) is -2.26. The van der Waals surface area contributed by atoms with Crippen LogP contribution < -0.4 is 5.43 Å². The van der Waals surface area contributed by atoms with Crippen LogP contribution in [0.15, 0.2) is 29.2 Å². The molecule has 0 atom stereocenters. The lowest BCUT2D eigenvalue weighted by molar-refractivity contribution is -0.0435. The van der Waals surface area contributed by atoms with Crippen LogP contribution >= 0.6 is 0 Å². The highest BCUT2D eigenvalue weighted by Crippen LogP contribution is 2.34. The number of hydrogen-bond donors (Lipinski definition) is 1. The molecule has 0 aliphatic heterocycles. The Labute approximate surface area is 96.9 Å². The van der Waals surface area contributed by atoms with E-state index < -0.39 is 20.2 Å². The topological polar surface area (TPSA) is 49.4 Å². The summed E-state index contributed by atoms with van der Waals surface area (Å²) in [6.07, 6.45) is 0. The van der Waals surface area contributed by atoms with Gasteiger partial charge < -0.3 is 5.43 Å². The number of alkyl halides is 3. The highest BCUT2D eigenvalue weighted by atomic mass is 32.2. The van der Waals surface area contributed by atoms with Gasteiger partial charge in [0.05, 0.1) is 5.69 Å². The van der Waals surface area contributed by atoms with E-state index in [-0.39, 0.29) is 5.69 Å². The smallest absolute Gasteiger partial charge is 0.318 e. The number of nitrogens with zero attached hydrogens (tertiary/aromatic N) is 1. The van der Waals surface area contributed by atoms with E-state index in [0.717, 1.165) is 6.07 Å². The molecule has 0 aliphatic rings. The first-order chi connectivity index (χ1) is 7.66. The predicted molar refractivity (Wildman–Crippen MR) is 57.0 cm³/mol. The predicted octanol–water partition coefficient (Wildman–Crippen LogP) is 1.87. The fraction of sp³-hybridized carbons (Fsp3) is 0.333. The zero-order valence-electron chi connectivity index (χ0n) is 9.12. The number of rotatable bonds is 3. The number of sulfone groups is 1. The molecule has 0 amide bonds. The number of hydrazine groups is 1. The van der Waals surface area contributed by atoms with Crippen molar-refractivity contribution in [2.75, 3.05) is 19.5 Å². The van der Waals surface area contributed by atoms with Gasteiger partial charge in [0.25, 0.3) is 9.84 Å². The molecule has 1 aromatic carbocycles. The van der Waals surface area contributed by atoms with Crippen molar-refractivity contribution in [2.45, 2.75) is 10.4 Å². The Morgan fingerprint density at radius 1 is 1.18 bits per heavy atom. The second-order valence-corrected chi connectivity index (χ2v) is 5.36. The highest BCUT2D eigenvalue weighted by Gasteiger charge is 2.47. The van der Waals surface area contributed by atoms with Gasteiger partial charge in [-0.25, -0.2) is 13.4 Å². The minimum atomic E-state index is -5.34.